The Morgan fingerprint density at radius 1 is 0.608 bits per heavy atom. The van der Waals surface area contributed by atoms with Gasteiger partial charge < -0.3 is 84.2 Å². The van der Waals surface area contributed by atoms with Gasteiger partial charge in [0.05, 0.1) is 19.3 Å². The first-order valence-electron chi connectivity index (χ1n) is 25.4. The molecule has 10 amide bonds. The number of β-amino-alcohol motifs (C(OH)–C–C–N with tert-alkyl or cyclic N) is 1. The van der Waals surface area contributed by atoms with E-state index in [4.69, 9.17) is 5.73 Å². The van der Waals surface area contributed by atoms with Crippen molar-refractivity contribution in [2.75, 3.05) is 19.7 Å². The molecule has 0 bridgehead atoms. The van der Waals surface area contributed by atoms with Crippen molar-refractivity contribution in [2.24, 2.45) is 11.7 Å². The first-order chi connectivity index (χ1) is 34.9. The number of aliphatic carboxylic acids is 1. The highest BCUT2D eigenvalue weighted by Gasteiger charge is 2.41. The van der Waals surface area contributed by atoms with Crippen molar-refractivity contribution in [3.63, 3.8) is 0 Å². The average Bonchev–Trinajstić information content (AvgIpc) is 3.34. The summed E-state index contributed by atoms with van der Waals surface area (Å²) in [5.41, 5.74) is 5.09. The number of rotatable bonds is 27. The van der Waals surface area contributed by atoms with E-state index in [0.717, 1.165) is 39.0 Å². The molecule has 27 nitrogen and oxygen atoms in total. The average molecular weight is 1060 g/mol. The number of aliphatic hydroxyl groups excluding tert-OH is 5. The molecule has 1 heterocycles. The predicted octanol–water partition coefficient (Wildman–Crippen LogP) is -4.41. The number of hydrogen-bond donors (Lipinski definition) is 16. The molecule has 0 aromatic heterocycles. The van der Waals surface area contributed by atoms with E-state index in [2.05, 4.69) is 28.2 Å². The van der Waals surface area contributed by atoms with Gasteiger partial charge in [-0.3, -0.25) is 47.9 Å². The van der Waals surface area contributed by atoms with Gasteiger partial charge in [-0.15, -0.1) is 0 Å². The second kappa shape index (κ2) is 35.2. The zero-order valence-electron chi connectivity index (χ0n) is 43.1. The monoisotopic (exact) mass is 1060 g/mol. The fraction of sp³-hybridized carbons (Fsp3) is 0.766. The zero-order chi connectivity index (χ0) is 56.1. The van der Waals surface area contributed by atoms with Crippen LogP contribution < -0.4 is 53.6 Å². The summed E-state index contributed by atoms with van der Waals surface area (Å²) in [7, 11) is 0. The summed E-state index contributed by atoms with van der Waals surface area (Å²) >= 11 is 0. The predicted molar refractivity (Wildman–Crippen MR) is 263 cm³/mol. The molecule has 27 heteroatoms. The highest BCUT2D eigenvalue weighted by Crippen LogP contribution is 2.14. The van der Waals surface area contributed by atoms with E-state index in [-0.39, 0.29) is 6.42 Å². The van der Waals surface area contributed by atoms with Gasteiger partial charge in [0.2, 0.25) is 53.3 Å². The molecule has 11 atom stereocenters. The van der Waals surface area contributed by atoms with Crippen LogP contribution in [0.25, 0.3) is 0 Å². The van der Waals surface area contributed by atoms with Crippen molar-refractivity contribution >= 4 is 65.0 Å². The van der Waals surface area contributed by atoms with Crippen LogP contribution in [-0.2, 0) is 52.7 Å². The Hall–Kier alpha value is -6.03. The van der Waals surface area contributed by atoms with E-state index < -0.39 is 157 Å². The fourth-order valence-electron chi connectivity index (χ4n) is 7.54. The van der Waals surface area contributed by atoms with Gasteiger partial charge in [0.1, 0.15) is 48.5 Å². The summed E-state index contributed by atoms with van der Waals surface area (Å²) in [5.74, 6) is -15.9. The van der Waals surface area contributed by atoms with Crippen LogP contribution in [0.3, 0.4) is 0 Å². The third kappa shape index (κ3) is 24.3. The van der Waals surface area contributed by atoms with E-state index in [1.807, 2.05) is 21.3 Å². The van der Waals surface area contributed by atoms with Crippen molar-refractivity contribution in [3.05, 3.63) is 0 Å². The Bertz CT molecular complexity index is 1870. The van der Waals surface area contributed by atoms with Gasteiger partial charge >= 0.3 is 5.97 Å². The maximum atomic E-state index is 13.8. The SMILES string of the molecule is CCCCCCCCCCCCCCCCCC(=O)NC(C)C(=O)NC[C@@H]1NC(=O)[C@@H](C(=O)O)NC(=O)[C@@H](O)CNC(=O)[C@H]([C@@H](C)O)NC(=O)C(C(O)C(O)C(N)=O)NC(=O)[C@H](C(C)C)NC(=O)[C@H](CO)NC1=O. The van der Waals surface area contributed by atoms with Gasteiger partial charge in [-0.1, -0.05) is 111 Å². The van der Waals surface area contributed by atoms with Crippen molar-refractivity contribution < 1.29 is 83.4 Å². The molecular weight excluding hydrogens is 977 g/mol. The first kappa shape index (κ1) is 66.0. The van der Waals surface area contributed by atoms with Crippen LogP contribution in [0.1, 0.15) is 137 Å². The number of amides is 10. The van der Waals surface area contributed by atoms with Crippen molar-refractivity contribution in [1.82, 2.24) is 47.9 Å². The summed E-state index contributed by atoms with van der Waals surface area (Å²) in [6.07, 6.45) is 7.91. The van der Waals surface area contributed by atoms with Crippen LogP contribution >= 0.6 is 0 Å². The summed E-state index contributed by atoms with van der Waals surface area (Å²) < 4.78 is 0. The molecule has 0 spiro atoms. The molecule has 0 saturated carbocycles. The number of primary amides is 1. The minimum atomic E-state index is -2.58. The highest BCUT2D eigenvalue weighted by atomic mass is 16.4. The molecule has 0 aromatic carbocycles. The number of carboxylic acids is 1. The summed E-state index contributed by atoms with van der Waals surface area (Å²) in [4.78, 5) is 144. The van der Waals surface area contributed by atoms with Crippen LogP contribution in [0.4, 0.5) is 0 Å². The number of carbonyl (C=O) groups excluding carboxylic acids is 10. The Morgan fingerprint density at radius 3 is 1.57 bits per heavy atom. The van der Waals surface area contributed by atoms with Gasteiger partial charge in [-0.25, -0.2) is 4.79 Å². The van der Waals surface area contributed by atoms with Crippen LogP contribution in [0, 0.1) is 5.92 Å². The summed E-state index contributed by atoms with van der Waals surface area (Å²) in [5, 5.41) is 81.0. The van der Waals surface area contributed by atoms with Gasteiger partial charge in [-0.05, 0) is 26.2 Å². The van der Waals surface area contributed by atoms with E-state index in [0.29, 0.717) is 6.42 Å². The van der Waals surface area contributed by atoms with Crippen LogP contribution in [0.2, 0.25) is 0 Å². The van der Waals surface area contributed by atoms with Crippen LogP contribution in [0.5, 0.6) is 0 Å². The molecule has 0 aromatic rings. The molecule has 0 aliphatic carbocycles. The molecule has 1 saturated heterocycles. The molecule has 74 heavy (non-hydrogen) atoms. The quantitative estimate of drug-likeness (QED) is 0.0273. The second-order valence-electron chi connectivity index (χ2n) is 18.9. The maximum Gasteiger partial charge on any atom is 0.336 e. The molecule has 4 unspecified atom stereocenters. The Morgan fingerprint density at radius 2 is 1.08 bits per heavy atom. The van der Waals surface area contributed by atoms with Crippen LogP contribution in [0.15, 0.2) is 0 Å². The summed E-state index contributed by atoms with van der Waals surface area (Å²) in [6, 6.07) is -13.9. The van der Waals surface area contributed by atoms with Crippen molar-refractivity contribution in [3.8, 4) is 0 Å². The van der Waals surface area contributed by atoms with Gasteiger partial charge in [0, 0.05) is 13.0 Å². The number of hydrogen-bond acceptors (Lipinski definition) is 16. The van der Waals surface area contributed by atoms with Crippen molar-refractivity contribution in [2.45, 2.75) is 204 Å². The Kier molecular flexibility index (Phi) is 31.4. The van der Waals surface area contributed by atoms with E-state index in [9.17, 15) is 83.4 Å². The number of carbonyl (C=O) groups is 11. The van der Waals surface area contributed by atoms with Crippen LogP contribution in [-0.4, -0.2) is 182 Å². The Labute approximate surface area is 430 Å². The molecular formula is C47H82N10O17. The number of nitrogens with two attached hydrogens (primary N) is 1. The third-order valence-corrected chi connectivity index (χ3v) is 12.1. The number of carboxylic acid groups (broad SMARTS) is 1. The second-order valence-corrected chi connectivity index (χ2v) is 18.9. The highest BCUT2D eigenvalue weighted by molar-refractivity contribution is 6.06. The minimum Gasteiger partial charge on any atom is -0.479 e. The molecule has 422 valence electrons. The summed E-state index contributed by atoms with van der Waals surface area (Å²) in [6.45, 7) is 4.14. The van der Waals surface area contributed by atoms with E-state index >= 15 is 0 Å². The maximum absolute atomic E-state index is 13.8. The lowest BCUT2D eigenvalue weighted by atomic mass is 9.99. The lowest BCUT2D eigenvalue weighted by Gasteiger charge is -2.31. The molecule has 1 fully saturated rings. The molecule has 0 radical (unpaired) electrons. The zero-order valence-corrected chi connectivity index (χ0v) is 43.1. The molecule has 17 N–H and O–H groups in total. The Balaban J connectivity index is 3.29. The number of aliphatic hydroxyl groups is 5. The van der Waals surface area contributed by atoms with Gasteiger partial charge in [0.25, 0.3) is 11.8 Å². The fourth-order valence-corrected chi connectivity index (χ4v) is 7.54. The number of unbranched alkanes of at least 4 members (excludes halogenated alkanes) is 14. The molecule has 1 aliphatic rings. The lowest BCUT2D eigenvalue weighted by molar-refractivity contribution is -0.148. The van der Waals surface area contributed by atoms with Gasteiger partial charge in [-0.2, -0.15) is 0 Å². The smallest absolute Gasteiger partial charge is 0.336 e. The third-order valence-electron chi connectivity index (χ3n) is 12.1. The van der Waals surface area contributed by atoms with E-state index in [1.165, 1.54) is 78.6 Å². The topological polar surface area (TPSA) is 443 Å². The van der Waals surface area contributed by atoms with E-state index in [1.54, 1.807) is 5.32 Å². The largest absolute Gasteiger partial charge is 0.479 e. The minimum absolute atomic E-state index is 0.114. The standard InChI is InChI=1S/C47H82N10O17/c1-6-7-8-9-10-11-12-13-14-15-16-17-18-19-20-21-31(61)51-26(4)39(65)49-22-28-40(66)53-29(24-58)41(67)54-32(25(2)3)44(70)56-34(36(62)37(63)38(48)64)45(71)55-33(27(5)59)43(69)50-23-30(60)42(68)57-35(47(73)74)46(72)52-28/h25-30,32-37,58-60,62-63H,6-24H2,1-5H3,(H2,48,64)(H,49,65)(H,50,69)(H,51,61)(H,52,72)(H,53,66)(H,54,67)(H,55,71)(H,56,70)(H,57,68)(H,73,74)/t26?,27-,28+,29+,30+,32+,33+,34?,35+,36?,37?/m1/s1. The van der Waals surface area contributed by atoms with Gasteiger partial charge in [0.15, 0.2) is 6.10 Å². The molecule has 1 aliphatic heterocycles. The number of nitrogens with one attached hydrogen (secondary N) is 9. The lowest BCUT2D eigenvalue weighted by Crippen LogP contribution is -2.66. The first-order valence-corrected chi connectivity index (χ1v) is 25.4. The molecule has 1 rings (SSSR count). The normalized spacial score (nSPS) is 23.6. The van der Waals surface area contributed by atoms with Crippen molar-refractivity contribution in [1.29, 1.82) is 0 Å².